The molecular formula is C18H28N2O3S. The van der Waals surface area contributed by atoms with Crippen molar-refractivity contribution in [3.05, 3.63) is 29.8 Å². The summed E-state index contributed by atoms with van der Waals surface area (Å²) in [5, 5.41) is 0. The molecule has 1 aliphatic rings. The quantitative estimate of drug-likeness (QED) is 0.791. The summed E-state index contributed by atoms with van der Waals surface area (Å²) in [5.74, 6) is 0.0582. The summed E-state index contributed by atoms with van der Waals surface area (Å²) in [6.45, 7) is 5.01. The van der Waals surface area contributed by atoms with Crippen LogP contribution in [0.3, 0.4) is 0 Å². The normalized spacial score (nSPS) is 18.5. The van der Waals surface area contributed by atoms with E-state index in [1.165, 1.54) is 17.0 Å². The Labute approximate surface area is 145 Å². The number of carbonyl (C=O) groups is 1. The zero-order valence-electron chi connectivity index (χ0n) is 14.9. The Morgan fingerprint density at radius 3 is 2.71 bits per heavy atom. The van der Waals surface area contributed by atoms with E-state index in [1.807, 2.05) is 30.0 Å². The van der Waals surface area contributed by atoms with Gasteiger partial charge in [-0.1, -0.05) is 19.1 Å². The highest BCUT2D eigenvalue weighted by Crippen LogP contribution is 2.22. The Balaban J connectivity index is 2.09. The van der Waals surface area contributed by atoms with Crippen LogP contribution < -0.4 is 4.31 Å². The summed E-state index contributed by atoms with van der Waals surface area (Å²) in [5.41, 5.74) is 1.62. The molecule has 24 heavy (non-hydrogen) atoms. The summed E-state index contributed by atoms with van der Waals surface area (Å²) in [4.78, 5) is 14.5. The van der Waals surface area contributed by atoms with Crippen molar-refractivity contribution in [1.29, 1.82) is 0 Å². The highest BCUT2D eigenvalue weighted by molar-refractivity contribution is 7.92. The van der Waals surface area contributed by atoms with Crippen LogP contribution in [0.25, 0.3) is 0 Å². The number of hydrogen-bond donors (Lipinski definition) is 0. The third-order valence-electron chi connectivity index (χ3n) is 4.64. The lowest BCUT2D eigenvalue weighted by Gasteiger charge is -2.36. The highest BCUT2D eigenvalue weighted by atomic mass is 32.2. The van der Waals surface area contributed by atoms with Gasteiger partial charge in [-0.3, -0.25) is 9.10 Å². The van der Waals surface area contributed by atoms with E-state index in [0.717, 1.165) is 31.4 Å². The van der Waals surface area contributed by atoms with E-state index in [1.54, 1.807) is 6.07 Å². The standard InChI is InChI=1S/C18H28N2O3S/c1-4-16-9-5-6-12-19(16)18(21)11-13-20(24(3,22)23)17-10-7-8-15(2)14-17/h7-8,10,14,16H,4-6,9,11-13H2,1-3H3. The van der Waals surface area contributed by atoms with Gasteiger partial charge in [0.25, 0.3) is 0 Å². The van der Waals surface area contributed by atoms with Gasteiger partial charge in [0.15, 0.2) is 0 Å². The Hall–Kier alpha value is -1.56. The molecule has 5 nitrogen and oxygen atoms in total. The number of benzene rings is 1. The van der Waals surface area contributed by atoms with Crippen LogP contribution in [0.4, 0.5) is 5.69 Å². The number of aryl methyl sites for hydroxylation is 1. The van der Waals surface area contributed by atoms with Gasteiger partial charge in [-0.25, -0.2) is 8.42 Å². The predicted molar refractivity (Wildman–Crippen MR) is 97.6 cm³/mol. The van der Waals surface area contributed by atoms with Gasteiger partial charge in [0, 0.05) is 25.6 Å². The Kier molecular flexibility index (Phi) is 6.27. The first-order valence-electron chi connectivity index (χ1n) is 8.66. The molecular weight excluding hydrogens is 324 g/mol. The maximum absolute atomic E-state index is 12.6. The number of hydrogen-bond acceptors (Lipinski definition) is 3. The van der Waals surface area contributed by atoms with Crippen molar-refractivity contribution in [1.82, 2.24) is 4.90 Å². The fourth-order valence-electron chi connectivity index (χ4n) is 3.36. The minimum Gasteiger partial charge on any atom is -0.340 e. The Morgan fingerprint density at radius 1 is 1.33 bits per heavy atom. The van der Waals surface area contributed by atoms with E-state index >= 15 is 0 Å². The summed E-state index contributed by atoms with van der Waals surface area (Å²) < 4.78 is 25.6. The summed E-state index contributed by atoms with van der Waals surface area (Å²) in [6, 6.07) is 7.67. The number of rotatable bonds is 6. The number of nitrogens with zero attached hydrogens (tertiary/aromatic N) is 2. The van der Waals surface area contributed by atoms with Crippen molar-refractivity contribution in [3.8, 4) is 0 Å². The molecule has 0 spiro atoms. The second-order valence-electron chi connectivity index (χ2n) is 6.57. The van der Waals surface area contributed by atoms with E-state index in [-0.39, 0.29) is 18.9 Å². The maximum atomic E-state index is 12.6. The summed E-state index contributed by atoms with van der Waals surface area (Å²) in [7, 11) is -3.42. The third-order valence-corrected chi connectivity index (χ3v) is 5.83. The van der Waals surface area contributed by atoms with Gasteiger partial charge in [0.05, 0.1) is 11.9 Å². The number of amides is 1. The smallest absolute Gasteiger partial charge is 0.232 e. The van der Waals surface area contributed by atoms with Crippen LogP contribution in [0.2, 0.25) is 0 Å². The number of sulfonamides is 1. The zero-order chi connectivity index (χ0) is 17.7. The zero-order valence-corrected chi connectivity index (χ0v) is 15.7. The molecule has 2 rings (SSSR count). The van der Waals surface area contributed by atoms with Crippen LogP contribution in [0.5, 0.6) is 0 Å². The number of anilines is 1. The van der Waals surface area contributed by atoms with Gasteiger partial charge in [-0.05, 0) is 50.3 Å². The lowest BCUT2D eigenvalue weighted by Crippen LogP contribution is -2.44. The largest absolute Gasteiger partial charge is 0.340 e. The van der Waals surface area contributed by atoms with Crippen LogP contribution in [0, 0.1) is 6.92 Å². The van der Waals surface area contributed by atoms with Crippen molar-refractivity contribution in [2.75, 3.05) is 23.7 Å². The van der Waals surface area contributed by atoms with Crippen LogP contribution in [-0.2, 0) is 14.8 Å². The molecule has 1 fully saturated rings. The molecule has 0 saturated carbocycles. The first-order valence-corrected chi connectivity index (χ1v) is 10.5. The van der Waals surface area contributed by atoms with Crippen LogP contribution >= 0.6 is 0 Å². The lowest BCUT2D eigenvalue weighted by atomic mass is 9.99. The van der Waals surface area contributed by atoms with Crippen LogP contribution in [-0.4, -0.2) is 44.6 Å². The Bertz CT molecular complexity index is 673. The van der Waals surface area contributed by atoms with E-state index in [9.17, 15) is 13.2 Å². The number of carbonyl (C=O) groups excluding carboxylic acids is 1. The molecule has 1 saturated heterocycles. The topological polar surface area (TPSA) is 57.7 Å². The first kappa shape index (κ1) is 18.8. The highest BCUT2D eigenvalue weighted by Gasteiger charge is 2.26. The average molecular weight is 353 g/mol. The van der Waals surface area contributed by atoms with Crippen molar-refractivity contribution in [2.45, 2.75) is 52.0 Å². The SMILES string of the molecule is CCC1CCCCN1C(=O)CCN(c1cccc(C)c1)S(C)(=O)=O. The van der Waals surface area contributed by atoms with Crippen molar-refractivity contribution in [2.24, 2.45) is 0 Å². The molecule has 6 heteroatoms. The van der Waals surface area contributed by atoms with Crippen molar-refractivity contribution >= 4 is 21.6 Å². The van der Waals surface area contributed by atoms with E-state index < -0.39 is 10.0 Å². The van der Waals surface area contributed by atoms with Crippen molar-refractivity contribution in [3.63, 3.8) is 0 Å². The molecule has 1 aliphatic heterocycles. The molecule has 134 valence electrons. The van der Waals surface area contributed by atoms with E-state index in [0.29, 0.717) is 11.7 Å². The maximum Gasteiger partial charge on any atom is 0.232 e. The summed E-state index contributed by atoms with van der Waals surface area (Å²) >= 11 is 0. The fourth-order valence-corrected chi connectivity index (χ4v) is 4.28. The molecule has 1 aromatic carbocycles. The molecule has 0 radical (unpaired) electrons. The number of piperidine rings is 1. The third kappa shape index (κ3) is 4.72. The fraction of sp³-hybridized carbons (Fsp3) is 0.611. The van der Waals surface area contributed by atoms with Crippen LogP contribution in [0.15, 0.2) is 24.3 Å². The number of likely N-dealkylation sites (tertiary alicyclic amines) is 1. The van der Waals surface area contributed by atoms with Gasteiger partial charge in [-0.2, -0.15) is 0 Å². The summed E-state index contributed by atoms with van der Waals surface area (Å²) in [6.07, 6.45) is 5.62. The minimum atomic E-state index is -3.42. The average Bonchev–Trinajstić information content (AvgIpc) is 2.53. The minimum absolute atomic E-state index is 0.0582. The van der Waals surface area contributed by atoms with Gasteiger partial charge in [-0.15, -0.1) is 0 Å². The molecule has 0 bridgehead atoms. The van der Waals surface area contributed by atoms with Gasteiger partial charge < -0.3 is 4.90 Å². The molecule has 1 heterocycles. The first-order chi connectivity index (χ1) is 11.3. The van der Waals surface area contributed by atoms with E-state index in [2.05, 4.69) is 6.92 Å². The second kappa shape index (κ2) is 8.01. The molecule has 1 aromatic rings. The van der Waals surface area contributed by atoms with Crippen molar-refractivity contribution < 1.29 is 13.2 Å². The molecule has 1 unspecified atom stereocenters. The predicted octanol–water partition coefficient (Wildman–Crippen LogP) is 2.94. The second-order valence-corrected chi connectivity index (χ2v) is 8.48. The molecule has 0 N–H and O–H groups in total. The molecule has 0 aromatic heterocycles. The lowest BCUT2D eigenvalue weighted by molar-refractivity contribution is -0.134. The molecule has 1 atom stereocenters. The molecule has 1 amide bonds. The monoisotopic (exact) mass is 352 g/mol. The van der Waals surface area contributed by atoms with Crippen LogP contribution in [0.1, 0.15) is 44.6 Å². The Morgan fingerprint density at radius 2 is 2.08 bits per heavy atom. The van der Waals surface area contributed by atoms with Gasteiger partial charge in [0.1, 0.15) is 0 Å². The van der Waals surface area contributed by atoms with E-state index in [4.69, 9.17) is 0 Å². The van der Waals surface area contributed by atoms with Gasteiger partial charge >= 0.3 is 0 Å². The molecule has 0 aliphatic carbocycles. The van der Waals surface area contributed by atoms with Gasteiger partial charge in [0.2, 0.25) is 15.9 Å².